The van der Waals surface area contributed by atoms with Gasteiger partial charge in [-0.3, -0.25) is 0 Å². The fraction of sp³-hybridized carbons (Fsp3) is 0.120. The van der Waals surface area contributed by atoms with Gasteiger partial charge in [0.25, 0.3) is 0 Å². The number of cyclic esters (lactones) is 1. The van der Waals surface area contributed by atoms with E-state index in [0.717, 1.165) is 18.3 Å². The van der Waals surface area contributed by atoms with Crippen LogP contribution in [0.15, 0.2) is 71.4 Å². The molecule has 0 unspecified atom stereocenters. The van der Waals surface area contributed by atoms with Gasteiger partial charge < -0.3 is 14.2 Å². The quantitative estimate of drug-likeness (QED) is 0.155. The Morgan fingerprint density at radius 3 is 2.64 bits per heavy atom. The van der Waals surface area contributed by atoms with Crippen molar-refractivity contribution >= 4 is 74.7 Å². The van der Waals surface area contributed by atoms with Gasteiger partial charge in [-0.25, -0.2) is 9.79 Å². The smallest absolute Gasteiger partial charge is 0.363 e. The standard InChI is InChI=1S/C25H18ClI2NO4/c1-2-31-22-13-16(11-20(28)23(22)32-14-15-6-5-7-17(27)10-15)12-21-25(30)33-24(29-21)18-8-3-4-9-19(18)26/h3-13H,2,14H2,1H3/b21-12-. The van der Waals surface area contributed by atoms with Gasteiger partial charge in [-0.05, 0) is 106 Å². The number of ether oxygens (including phenoxy) is 3. The summed E-state index contributed by atoms with van der Waals surface area (Å²) in [5, 5.41) is 0.466. The molecule has 3 aromatic carbocycles. The summed E-state index contributed by atoms with van der Waals surface area (Å²) >= 11 is 10.7. The van der Waals surface area contributed by atoms with Crippen molar-refractivity contribution in [2.24, 2.45) is 4.99 Å². The number of benzene rings is 3. The fourth-order valence-electron chi connectivity index (χ4n) is 3.17. The van der Waals surface area contributed by atoms with Gasteiger partial charge in [0, 0.05) is 3.57 Å². The Kier molecular flexibility index (Phi) is 7.92. The van der Waals surface area contributed by atoms with Crippen LogP contribution in [-0.2, 0) is 16.1 Å². The Bertz CT molecular complexity index is 1270. The zero-order chi connectivity index (χ0) is 23.4. The van der Waals surface area contributed by atoms with E-state index in [2.05, 4.69) is 56.2 Å². The zero-order valence-corrected chi connectivity index (χ0v) is 22.6. The number of hydrogen-bond acceptors (Lipinski definition) is 5. The van der Waals surface area contributed by atoms with E-state index in [1.807, 2.05) is 43.3 Å². The van der Waals surface area contributed by atoms with E-state index in [4.69, 9.17) is 25.8 Å². The molecular weight excluding hydrogens is 668 g/mol. The highest BCUT2D eigenvalue weighted by Gasteiger charge is 2.25. The monoisotopic (exact) mass is 685 g/mol. The van der Waals surface area contributed by atoms with Crippen LogP contribution in [0.3, 0.4) is 0 Å². The van der Waals surface area contributed by atoms with Crippen molar-refractivity contribution in [2.75, 3.05) is 6.61 Å². The minimum absolute atomic E-state index is 0.189. The molecule has 0 bridgehead atoms. The summed E-state index contributed by atoms with van der Waals surface area (Å²) in [4.78, 5) is 16.8. The predicted molar refractivity (Wildman–Crippen MR) is 146 cm³/mol. The van der Waals surface area contributed by atoms with Crippen LogP contribution in [0.5, 0.6) is 11.5 Å². The van der Waals surface area contributed by atoms with Crippen molar-refractivity contribution in [3.8, 4) is 11.5 Å². The van der Waals surface area contributed by atoms with Crippen LogP contribution < -0.4 is 9.47 Å². The lowest BCUT2D eigenvalue weighted by Gasteiger charge is -2.15. The van der Waals surface area contributed by atoms with Crippen molar-refractivity contribution in [3.63, 3.8) is 0 Å². The second kappa shape index (κ2) is 10.9. The Labute approximate surface area is 224 Å². The average Bonchev–Trinajstić information content (AvgIpc) is 3.13. The first-order valence-corrected chi connectivity index (χ1v) is 12.6. The number of carbonyl (C=O) groups excluding carboxylic acids is 1. The van der Waals surface area contributed by atoms with Gasteiger partial charge in [-0.15, -0.1) is 0 Å². The topological polar surface area (TPSA) is 57.1 Å². The van der Waals surface area contributed by atoms with Crippen LogP contribution >= 0.6 is 56.8 Å². The third kappa shape index (κ3) is 5.88. The SMILES string of the molecule is CCOc1cc(/C=C2\N=C(c3ccccc3Cl)OC2=O)cc(I)c1OCc1cccc(I)c1. The van der Waals surface area contributed by atoms with Crippen LogP contribution in [0.1, 0.15) is 23.6 Å². The molecule has 0 aromatic heterocycles. The molecule has 1 aliphatic heterocycles. The van der Waals surface area contributed by atoms with Gasteiger partial charge in [0.15, 0.2) is 17.2 Å². The first kappa shape index (κ1) is 24.0. The van der Waals surface area contributed by atoms with E-state index in [0.29, 0.717) is 35.3 Å². The molecule has 33 heavy (non-hydrogen) atoms. The van der Waals surface area contributed by atoms with Crippen molar-refractivity contribution in [3.05, 3.63) is 95.2 Å². The van der Waals surface area contributed by atoms with E-state index >= 15 is 0 Å². The number of carbonyl (C=O) groups is 1. The lowest BCUT2D eigenvalue weighted by atomic mass is 10.1. The number of hydrogen-bond donors (Lipinski definition) is 0. The first-order valence-electron chi connectivity index (χ1n) is 10.1. The van der Waals surface area contributed by atoms with Gasteiger partial charge >= 0.3 is 5.97 Å². The van der Waals surface area contributed by atoms with Crippen molar-refractivity contribution < 1.29 is 19.0 Å². The van der Waals surface area contributed by atoms with E-state index < -0.39 is 5.97 Å². The summed E-state index contributed by atoms with van der Waals surface area (Å²) in [6.07, 6.45) is 1.67. The summed E-state index contributed by atoms with van der Waals surface area (Å²) in [7, 11) is 0. The van der Waals surface area contributed by atoms with Crippen LogP contribution in [0.4, 0.5) is 0 Å². The fourth-order valence-corrected chi connectivity index (χ4v) is 4.78. The number of rotatable bonds is 7. The van der Waals surface area contributed by atoms with Crippen molar-refractivity contribution in [1.29, 1.82) is 0 Å². The molecule has 0 aliphatic carbocycles. The van der Waals surface area contributed by atoms with Gasteiger partial charge in [-0.2, -0.15) is 0 Å². The molecule has 0 amide bonds. The maximum absolute atomic E-state index is 12.4. The van der Waals surface area contributed by atoms with Crippen LogP contribution in [-0.4, -0.2) is 18.5 Å². The van der Waals surface area contributed by atoms with E-state index in [1.54, 1.807) is 24.3 Å². The molecule has 1 heterocycles. The van der Waals surface area contributed by atoms with E-state index in [9.17, 15) is 4.79 Å². The molecule has 0 N–H and O–H groups in total. The first-order chi connectivity index (χ1) is 15.9. The van der Waals surface area contributed by atoms with Crippen LogP contribution in [0.2, 0.25) is 5.02 Å². The number of esters is 1. The summed E-state index contributed by atoms with van der Waals surface area (Å²) in [5.74, 6) is 0.919. The summed E-state index contributed by atoms with van der Waals surface area (Å²) in [5.41, 5.74) is 2.58. The normalized spacial score (nSPS) is 14.2. The summed E-state index contributed by atoms with van der Waals surface area (Å²) in [6.45, 7) is 2.81. The Hall–Kier alpha value is -2.11. The molecule has 5 nitrogen and oxygen atoms in total. The lowest BCUT2D eigenvalue weighted by molar-refractivity contribution is -0.129. The molecule has 3 aromatic rings. The average molecular weight is 686 g/mol. The van der Waals surface area contributed by atoms with Gasteiger partial charge in [0.05, 0.1) is 20.8 Å². The second-order valence-corrected chi connectivity index (χ2v) is 9.81. The lowest BCUT2D eigenvalue weighted by Crippen LogP contribution is -2.05. The molecule has 0 saturated carbocycles. The van der Waals surface area contributed by atoms with Crippen LogP contribution in [0, 0.1) is 7.14 Å². The number of halogens is 3. The molecule has 0 radical (unpaired) electrons. The molecule has 4 rings (SSSR count). The van der Waals surface area contributed by atoms with Gasteiger partial charge in [0.1, 0.15) is 6.61 Å². The molecular formula is C25H18ClI2NO4. The maximum atomic E-state index is 12.4. The third-order valence-corrected chi connectivity index (χ3v) is 6.43. The molecule has 8 heteroatoms. The Morgan fingerprint density at radius 2 is 1.88 bits per heavy atom. The molecule has 1 aliphatic rings. The molecule has 0 fully saturated rings. The summed E-state index contributed by atoms with van der Waals surface area (Å²) < 4.78 is 19.3. The van der Waals surface area contributed by atoms with Crippen LogP contribution in [0.25, 0.3) is 6.08 Å². The largest absolute Gasteiger partial charge is 0.490 e. The highest BCUT2D eigenvalue weighted by molar-refractivity contribution is 14.1. The molecule has 168 valence electrons. The van der Waals surface area contributed by atoms with Gasteiger partial charge in [0.2, 0.25) is 5.90 Å². The Morgan fingerprint density at radius 1 is 1.06 bits per heavy atom. The van der Waals surface area contributed by atoms with E-state index in [-0.39, 0.29) is 11.6 Å². The van der Waals surface area contributed by atoms with E-state index in [1.165, 1.54) is 0 Å². The highest BCUT2D eigenvalue weighted by atomic mass is 127. The minimum Gasteiger partial charge on any atom is -0.490 e. The van der Waals surface area contributed by atoms with Gasteiger partial charge in [-0.1, -0.05) is 35.9 Å². The number of aliphatic imine (C=N–C) groups is 1. The molecule has 0 atom stereocenters. The second-order valence-electron chi connectivity index (χ2n) is 7.00. The summed E-state index contributed by atoms with van der Waals surface area (Å²) in [6, 6.07) is 19.0. The van der Waals surface area contributed by atoms with Crippen molar-refractivity contribution in [1.82, 2.24) is 0 Å². The Balaban J connectivity index is 1.62. The van der Waals surface area contributed by atoms with Crippen molar-refractivity contribution in [2.45, 2.75) is 13.5 Å². The third-order valence-electron chi connectivity index (χ3n) is 4.63. The predicted octanol–water partition coefficient (Wildman–Crippen LogP) is 6.87. The molecule has 0 saturated heterocycles. The minimum atomic E-state index is -0.531. The maximum Gasteiger partial charge on any atom is 0.363 e. The number of nitrogens with zero attached hydrogens (tertiary/aromatic N) is 1. The zero-order valence-electron chi connectivity index (χ0n) is 17.5. The highest BCUT2D eigenvalue weighted by Crippen LogP contribution is 2.36. The molecule has 0 spiro atoms.